The van der Waals surface area contributed by atoms with E-state index in [1.54, 1.807) is 0 Å². The second-order valence-electron chi connectivity index (χ2n) is 5.88. The molecule has 19 heavy (non-hydrogen) atoms. The first-order chi connectivity index (χ1) is 9.12. The summed E-state index contributed by atoms with van der Waals surface area (Å²) < 4.78 is 7.12. The monoisotopic (exact) mass is 322 g/mol. The summed E-state index contributed by atoms with van der Waals surface area (Å²) in [5.74, 6) is 1.29. The summed E-state index contributed by atoms with van der Waals surface area (Å²) >= 11 is 3.55. The molecule has 0 amide bonds. The first-order valence-electron chi connectivity index (χ1n) is 7.08. The Morgan fingerprint density at radius 2 is 2.00 bits per heavy atom. The number of ether oxygens (including phenoxy) is 1. The van der Waals surface area contributed by atoms with E-state index >= 15 is 0 Å². The van der Waals surface area contributed by atoms with E-state index in [9.17, 15) is 4.79 Å². The molecule has 1 spiro atoms. The maximum absolute atomic E-state index is 12.1. The van der Waals surface area contributed by atoms with Crippen molar-refractivity contribution in [1.29, 1.82) is 0 Å². The van der Waals surface area contributed by atoms with Gasteiger partial charge < -0.3 is 4.74 Å². The van der Waals surface area contributed by atoms with Crippen LogP contribution in [0.25, 0.3) is 0 Å². The molecule has 1 unspecified atom stereocenters. The lowest BCUT2D eigenvalue weighted by Gasteiger charge is -2.49. The average Bonchev–Trinajstić information content (AvgIpc) is 2.42. The Bertz CT molecular complexity index is 503. The van der Waals surface area contributed by atoms with Crippen LogP contribution in [0.2, 0.25) is 0 Å². The molecule has 0 bridgehead atoms. The van der Waals surface area contributed by atoms with E-state index in [1.165, 1.54) is 24.8 Å². The molecule has 1 atom stereocenters. The molecule has 3 heteroatoms. The first kappa shape index (κ1) is 13.2. The predicted molar refractivity (Wildman–Crippen MR) is 78.4 cm³/mol. The highest BCUT2D eigenvalue weighted by Crippen LogP contribution is 2.51. The molecular weight excluding hydrogens is 304 g/mol. The van der Waals surface area contributed by atoms with Crippen molar-refractivity contribution in [2.24, 2.45) is 5.41 Å². The minimum Gasteiger partial charge on any atom is -0.488 e. The summed E-state index contributed by atoms with van der Waals surface area (Å²) in [5.41, 5.74) is 1.04. The minimum atomic E-state index is -0.164. The van der Waals surface area contributed by atoms with Crippen LogP contribution in [-0.4, -0.2) is 11.9 Å². The number of benzene rings is 1. The van der Waals surface area contributed by atoms with Crippen molar-refractivity contribution in [3.63, 3.8) is 0 Å². The fourth-order valence-electron chi connectivity index (χ4n) is 3.41. The van der Waals surface area contributed by atoms with Crippen molar-refractivity contribution in [1.82, 2.24) is 0 Å². The molecule has 2 aliphatic carbocycles. The number of rotatable bonds is 2. The lowest BCUT2D eigenvalue weighted by Crippen LogP contribution is -2.57. The molecule has 0 aromatic heterocycles. The van der Waals surface area contributed by atoms with Gasteiger partial charge >= 0.3 is 0 Å². The van der Waals surface area contributed by atoms with Crippen LogP contribution in [0.15, 0.2) is 22.7 Å². The molecule has 2 fully saturated rings. The number of aryl methyl sites for hydroxylation is 1. The van der Waals surface area contributed by atoms with Crippen LogP contribution >= 0.6 is 15.9 Å². The van der Waals surface area contributed by atoms with Crippen molar-refractivity contribution in [3.05, 3.63) is 28.2 Å². The number of carbonyl (C=O) groups is 1. The Morgan fingerprint density at radius 1 is 1.26 bits per heavy atom. The van der Waals surface area contributed by atoms with Gasteiger partial charge in [-0.2, -0.15) is 0 Å². The fraction of sp³-hybridized carbons (Fsp3) is 0.562. The summed E-state index contributed by atoms with van der Waals surface area (Å²) in [7, 11) is 0. The van der Waals surface area contributed by atoms with Gasteiger partial charge in [0, 0.05) is 6.42 Å². The smallest absolute Gasteiger partial charge is 0.146 e. The molecule has 102 valence electrons. The lowest BCUT2D eigenvalue weighted by molar-refractivity contribution is -0.156. The van der Waals surface area contributed by atoms with Crippen molar-refractivity contribution in [2.45, 2.75) is 51.6 Å². The summed E-state index contributed by atoms with van der Waals surface area (Å²) in [5, 5.41) is 0. The summed E-state index contributed by atoms with van der Waals surface area (Å²) in [6.45, 7) is 2.06. The molecular formula is C16H19BrO2. The normalized spacial score (nSPS) is 25.2. The van der Waals surface area contributed by atoms with Crippen molar-refractivity contribution in [3.8, 4) is 5.75 Å². The quantitative estimate of drug-likeness (QED) is 0.805. The fourth-order valence-corrected chi connectivity index (χ4v) is 3.99. The third-order valence-corrected chi connectivity index (χ3v) is 5.26. The molecule has 0 radical (unpaired) electrons. The zero-order valence-electron chi connectivity index (χ0n) is 11.2. The number of Topliss-reactive ketones (excluding diaryl/α,β-unsaturated/α-hetero) is 1. The second kappa shape index (κ2) is 4.93. The maximum Gasteiger partial charge on any atom is 0.146 e. The van der Waals surface area contributed by atoms with E-state index in [2.05, 4.69) is 28.9 Å². The Balaban J connectivity index is 1.78. The van der Waals surface area contributed by atoms with Crippen molar-refractivity contribution in [2.75, 3.05) is 0 Å². The number of hydrogen-bond donors (Lipinski definition) is 0. The van der Waals surface area contributed by atoms with Gasteiger partial charge in [0.2, 0.25) is 0 Å². The van der Waals surface area contributed by atoms with Crippen LogP contribution in [0.1, 0.15) is 44.1 Å². The summed E-state index contributed by atoms with van der Waals surface area (Å²) in [6, 6.07) is 6.11. The van der Waals surface area contributed by atoms with Gasteiger partial charge in [-0.1, -0.05) is 25.3 Å². The number of hydrogen-bond acceptors (Lipinski definition) is 2. The minimum absolute atomic E-state index is 0.0827. The summed E-state index contributed by atoms with van der Waals surface area (Å²) in [6.07, 6.45) is 6.29. The SMILES string of the molecule is Cc1ccc(OC2CC(=O)C23CCCCC3)c(Br)c1. The van der Waals surface area contributed by atoms with Crippen LogP contribution in [-0.2, 0) is 4.79 Å². The molecule has 0 heterocycles. The molecule has 1 aromatic rings. The van der Waals surface area contributed by atoms with E-state index < -0.39 is 0 Å². The van der Waals surface area contributed by atoms with E-state index in [1.807, 2.05) is 12.1 Å². The van der Waals surface area contributed by atoms with Crippen LogP contribution < -0.4 is 4.74 Å². The van der Waals surface area contributed by atoms with Crippen molar-refractivity contribution >= 4 is 21.7 Å². The second-order valence-corrected chi connectivity index (χ2v) is 6.74. The molecule has 2 saturated carbocycles. The zero-order valence-corrected chi connectivity index (χ0v) is 12.8. The summed E-state index contributed by atoms with van der Waals surface area (Å²) in [4.78, 5) is 12.1. The van der Waals surface area contributed by atoms with Gasteiger partial charge in [-0.15, -0.1) is 0 Å². The van der Waals surface area contributed by atoms with Crippen molar-refractivity contribution < 1.29 is 9.53 Å². The molecule has 2 aliphatic rings. The van der Waals surface area contributed by atoms with Gasteiger partial charge in [0.05, 0.1) is 9.89 Å². The molecule has 0 N–H and O–H groups in total. The van der Waals surface area contributed by atoms with E-state index in [0.717, 1.165) is 23.1 Å². The third-order valence-electron chi connectivity index (χ3n) is 4.64. The third kappa shape index (κ3) is 2.22. The van der Waals surface area contributed by atoms with Gasteiger partial charge in [0.1, 0.15) is 17.6 Å². The number of ketones is 1. The van der Waals surface area contributed by atoms with E-state index in [0.29, 0.717) is 12.2 Å². The first-order valence-corrected chi connectivity index (χ1v) is 7.87. The largest absolute Gasteiger partial charge is 0.488 e. The van der Waals surface area contributed by atoms with Gasteiger partial charge in [0.15, 0.2) is 0 Å². The molecule has 0 saturated heterocycles. The highest BCUT2D eigenvalue weighted by atomic mass is 79.9. The Hall–Kier alpha value is -0.830. The predicted octanol–water partition coefficient (Wildman–Crippen LogP) is 4.43. The van der Waals surface area contributed by atoms with E-state index in [4.69, 9.17) is 4.74 Å². The number of carbonyl (C=O) groups excluding carboxylic acids is 1. The Morgan fingerprint density at radius 3 is 2.63 bits per heavy atom. The van der Waals surface area contributed by atoms with Crippen LogP contribution in [0.3, 0.4) is 0 Å². The molecule has 1 aromatic carbocycles. The maximum atomic E-state index is 12.1. The van der Waals surface area contributed by atoms with Crippen LogP contribution in [0.4, 0.5) is 0 Å². The van der Waals surface area contributed by atoms with Gasteiger partial charge in [-0.3, -0.25) is 4.79 Å². The Kier molecular flexibility index (Phi) is 3.42. The van der Waals surface area contributed by atoms with Crippen LogP contribution in [0, 0.1) is 12.3 Å². The highest BCUT2D eigenvalue weighted by molar-refractivity contribution is 9.10. The Labute approximate surface area is 122 Å². The number of halogens is 1. The van der Waals surface area contributed by atoms with Gasteiger partial charge in [0.25, 0.3) is 0 Å². The highest BCUT2D eigenvalue weighted by Gasteiger charge is 2.56. The topological polar surface area (TPSA) is 26.3 Å². The molecule has 2 nitrogen and oxygen atoms in total. The average molecular weight is 323 g/mol. The lowest BCUT2D eigenvalue weighted by atomic mass is 9.57. The van der Waals surface area contributed by atoms with Gasteiger partial charge in [-0.25, -0.2) is 0 Å². The molecule has 3 rings (SSSR count). The zero-order chi connectivity index (χ0) is 13.5. The van der Waals surface area contributed by atoms with Gasteiger partial charge in [-0.05, 0) is 53.4 Å². The standard InChI is InChI=1S/C16H19BrO2/c1-11-5-6-13(12(17)9-11)19-15-10-14(18)16(15)7-3-2-4-8-16/h5-6,9,15H,2-4,7-8,10H2,1H3. The van der Waals surface area contributed by atoms with E-state index in [-0.39, 0.29) is 11.5 Å². The molecule has 0 aliphatic heterocycles. The van der Waals surface area contributed by atoms with Crippen LogP contribution in [0.5, 0.6) is 5.75 Å².